The molecule has 0 aliphatic rings. The van der Waals surface area contributed by atoms with Crippen LogP contribution in [-0.2, 0) is 4.74 Å². The number of carbonyl (C=O) groups excluding carboxylic acids is 2. The summed E-state index contributed by atoms with van der Waals surface area (Å²) in [6, 6.07) is 6.12. The highest BCUT2D eigenvalue weighted by Gasteiger charge is 2.06. The van der Waals surface area contributed by atoms with Gasteiger partial charge in [0.1, 0.15) is 0 Å². The summed E-state index contributed by atoms with van der Waals surface area (Å²) in [6.07, 6.45) is 3.51. The second-order valence-electron chi connectivity index (χ2n) is 5.37. The highest BCUT2D eigenvalue weighted by atomic mass is 16.5. The Morgan fingerprint density at radius 1 is 1.15 bits per heavy atom. The van der Waals surface area contributed by atoms with E-state index in [2.05, 4.69) is 15.4 Å². The molecule has 2 N–H and O–H groups in total. The summed E-state index contributed by atoms with van der Waals surface area (Å²) in [5, 5.41) is 5.27. The predicted octanol–water partition coefficient (Wildman–Crippen LogP) is 3.15. The van der Waals surface area contributed by atoms with Crippen LogP contribution in [0.4, 0.5) is 10.5 Å². The first-order valence-corrected chi connectivity index (χ1v) is 6.25. The Bertz CT molecular complexity index is 499. The fraction of sp³-hybridized carbons (Fsp3) is 0.333. The summed E-state index contributed by atoms with van der Waals surface area (Å²) < 4.78 is 4.59. The number of allylic oxidation sites excluding steroid dienone is 1. The van der Waals surface area contributed by atoms with E-state index in [1.807, 2.05) is 26.8 Å². The van der Waals surface area contributed by atoms with Crippen molar-refractivity contribution in [2.24, 2.45) is 5.41 Å². The van der Waals surface area contributed by atoms with Gasteiger partial charge in [-0.2, -0.15) is 0 Å². The monoisotopic (exact) mass is 276 g/mol. The largest absolute Gasteiger partial charge is 0.465 e. The van der Waals surface area contributed by atoms with E-state index in [0.717, 1.165) is 0 Å². The second-order valence-corrected chi connectivity index (χ2v) is 5.37. The molecule has 20 heavy (non-hydrogen) atoms. The minimum atomic E-state index is -0.408. The first-order chi connectivity index (χ1) is 9.31. The Balaban J connectivity index is 2.54. The molecule has 0 unspecified atom stereocenters. The lowest BCUT2D eigenvalue weighted by Crippen LogP contribution is -2.24. The SMILES string of the molecule is COC(=O)c1ccc(NC(=O)N/C=C/C(C)(C)C)cc1. The van der Waals surface area contributed by atoms with Crippen LogP contribution in [0.5, 0.6) is 0 Å². The van der Waals surface area contributed by atoms with Gasteiger partial charge in [0.25, 0.3) is 0 Å². The van der Waals surface area contributed by atoms with Gasteiger partial charge in [-0.1, -0.05) is 26.8 Å². The zero-order valence-corrected chi connectivity index (χ0v) is 12.2. The number of carbonyl (C=O) groups is 2. The highest BCUT2D eigenvalue weighted by molar-refractivity contribution is 5.92. The normalized spacial score (nSPS) is 11.2. The number of urea groups is 1. The molecule has 2 amide bonds. The smallest absolute Gasteiger partial charge is 0.337 e. The topological polar surface area (TPSA) is 67.4 Å². The van der Waals surface area contributed by atoms with Crippen molar-refractivity contribution in [2.75, 3.05) is 12.4 Å². The van der Waals surface area contributed by atoms with Crippen LogP contribution in [0.25, 0.3) is 0 Å². The molecule has 1 aromatic carbocycles. The zero-order valence-electron chi connectivity index (χ0n) is 12.2. The maximum atomic E-state index is 11.6. The molecule has 0 aromatic heterocycles. The molecule has 0 heterocycles. The van der Waals surface area contributed by atoms with Gasteiger partial charge in [-0.25, -0.2) is 9.59 Å². The van der Waals surface area contributed by atoms with Gasteiger partial charge in [0.05, 0.1) is 12.7 Å². The number of nitrogens with one attached hydrogen (secondary N) is 2. The van der Waals surface area contributed by atoms with Gasteiger partial charge in [-0.3, -0.25) is 0 Å². The summed E-state index contributed by atoms with van der Waals surface area (Å²) in [6.45, 7) is 6.11. The maximum Gasteiger partial charge on any atom is 0.337 e. The molecule has 0 fully saturated rings. The van der Waals surface area contributed by atoms with Crippen LogP contribution < -0.4 is 10.6 Å². The van der Waals surface area contributed by atoms with Crippen molar-refractivity contribution in [1.82, 2.24) is 5.32 Å². The first-order valence-electron chi connectivity index (χ1n) is 6.25. The number of ether oxygens (including phenoxy) is 1. The molecule has 0 saturated carbocycles. The van der Waals surface area contributed by atoms with Crippen molar-refractivity contribution in [2.45, 2.75) is 20.8 Å². The minimum absolute atomic E-state index is 0.00937. The highest BCUT2D eigenvalue weighted by Crippen LogP contribution is 2.13. The van der Waals surface area contributed by atoms with E-state index < -0.39 is 5.97 Å². The van der Waals surface area contributed by atoms with E-state index in [1.54, 1.807) is 30.5 Å². The molecule has 5 heteroatoms. The van der Waals surface area contributed by atoms with E-state index in [-0.39, 0.29) is 11.4 Å². The Kier molecular flexibility index (Phi) is 5.32. The maximum absolute atomic E-state index is 11.6. The number of anilines is 1. The van der Waals surface area contributed by atoms with Crippen LogP contribution in [0.3, 0.4) is 0 Å². The van der Waals surface area contributed by atoms with Crippen LogP contribution in [0.15, 0.2) is 36.5 Å². The van der Waals surface area contributed by atoms with Crippen molar-refractivity contribution in [3.63, 3.8) is 0 Å². The number of methoxy groups -OCH3 is 1. The molecule has 0 aliphatic heterocycles. The number of hydrogen-bond donors (Lipinski definition) is 2. The lowest BCUT2D eigenvalue weighted by molar-refractivity contribution is 0.0601. The quantitative estimate of drug-likeness (QED) is 0.833. The van der Waals surface area contributed by atoms with Crippen molar-refractivity contribution in [3.8, 4) is 0 Å². The van der Waals surface area contributed by atoms with Crippen LogP contribution in [0.1, 0.15) is 31.1 Å². The molecule has 108 valence electrons. The number of hydrogen-bond acceptors (Lipinski definition) is 3. The summed E-state index contributed by atoms with van der Waals surface area (Å²) in [5.41, 5.74) is 1.04. The van der Waals surface area contributed by atoms with Crippen LogP contribution in [-0.4, -0.2) is 19.1 Å². The van der Waals surface area contributed by atoms with E-state index in [9.17, 15) is 9.59 Å². The van der Waals surface area contributed by atoms with Gasteiger partial charge in [0, 0.05) is 11.9 Å². The lowest BCUT2D eigenvalue weighted by atomic mass is 9.97. The molecule has 0 aliphatic carbocycles. The molecule has 5 nitrogen and oxygen atoms in total. The van der Waals surface area contributed by atoms with Crippen LogP contribution in [0, 0.1) is 5.41 Å². The third-order valence-electron chi connectivity index (χ3n) is 2.36. The van der Waals surface area contributed by atoms with E-state index in [0.29, 0.717) is 11.3 Å². The van der Waals surface area contributed by atoms with Gasteiger partial charge in [0.15, 0.2) is 0 Å². The van der Waals surface area contributed by atoms with E-state index >= 15 is 0 Å². The summed E-state index contributed by atoms with van der Waals surface area (Å²) >= 11 is 0. The van der Waals surface area contributed by atoms with E-state index in [1.165, 1.54) is 7.11 Å². The summed E-state index contributed by atoms with van der Waals surface area (Å²) in [4.78, 5) is 22.9. The molecule has 1 rings (SSSR count). The summed E-state index contributed by atoms with van der Waals surface area (Å²) in [7, 11) is 1.32. The Morgan fingerprint density at radius 3 is 2.25 bits per heavy atom. The van der Waals surface area contributed by atoms with E-state index in [4.69, 9.17) is 0 Å². The summed E-state index contributed by atoms with van der Waals surface area (Å²) in [5.74, 6) is -0.408. The van der Waals surface area contributed by atoms with Gasteiger partial charge in [0.2, 0.25) is 0 Å². The zero-order chi connectivity index (χ0) is 15.2. The Morgan fingerprint density at radius 2 is 1.75 bits per heavy atom. The fourth-order valence-electron chi connectivity index (χ4n) is 1.34. The van der Waals surface area contributed by atoms with Gasteiger partial charge >= 0.3 is 12.0 Å². The molecule has 0 bridgehead atoms. The number of amides is 2. The van der Waals surface area contributed by atoms with Crippen LogP contribution >= 0.6 is 0 Å². The van der Waals surface area contributed by atoms with Gasteiger partial charge in [-0.15, -0.1) is 0 Å². The number of rotatable bonds is 3. The first kappa shape index (κ1) is 15.8. The van der Waals surface area contributed by atoms with Gasteiger partial charge in [-0.05, 0) is 29.7 Å². The molecular formula is C15H20N2O3. The van der Waals surface area contributed by atoms with Crippen LogP contribution in [0.2, 0.25) is 0 Å². The van der Waals surface area contributed by atoms with Crippen molar-refractivity contribution < 1.29 is 14.3 Å². The van der Waals surface area contributed by atoms with Gasteiger partial charge < -0.3 is 15.4 Å². The standard InChI is InChI=1S/C15H20N2O3/c1-15(2,3)9-10-16-14(19)17-12-7-5-11(6-8-12)13(18)20-4/h5-10H,1-4H3,(H2,16,17,19)/b10-9+. The number of benzene rings is 1. The predicted molar refractivity (Wildman–Crippen MR) is 78.5 cm³/mol. The number of esters is 1. The third-order valence-corrected chi connectivity index (χ3v) is 2.36. The Labute approximate surface area is 119 Å². The molecular weight excluding hydrogens is 256 g/mol. The average molecular weight is 276 g/mol. The van der Waals surface area contributed by atoms with Crippen molar-refractivity contribution in [1.29, 1.82) is 0 Å². The van der Waals surface area contributed by atoms with Crippen molar-refractivity contribution >= 4 is 17.7 Å². The molecule has 0 spiro atoms. The fourth-order valence-corrected chi connectivity index (χ4v) is 1.34. The Hall–Kier alpha value is -2.30. The second kappa shape index (κ2) is 6.75. The molecule has 1 aromatic rings. The molecule has 0 atom stereocenters. The molecule has 0 saturated heterocycles. The average Bonchev–Trinajstić information content (AvgIpc) is 2.37. The van der Waals surface area contributed by atoms with Crippen molar-refractivity contribution in [3.05, 3.63) is 42.1 Å². The minimum Gasteiger partial charge on any atom is -0.465 e. The third kappa shape index (κ3) is 5.56. The lowest BCUT2D eigenvalue weighted by Gasteiger charge is -2.11. The molecule has 0 radical (unpaired) electrons.